The van der Waals surface area contributed by atoms with E-state index in [0.717, 1.165) is 12.0 Å². The molecule has 0 fully saturated rings. The molecule has 6 heteroatoms. The molecule has 1 aliphatic rings. The Hall–Kier alpha value is -1.56. The number of nitrogens with zero attached hydrogens (tertiary/aromatic N) is 1. The van der Waals surface area contributed by atoms with Crippen molar-refractivity contribution in [3.63, 3.8) is 0 Å². The molecule has 1 heterocycles. The summed E-state index contributed by atoms with van der Waals surface area (Å²) in [5.41, 5.74) is 2.26. The predicted octanol–water partition coefficient (Wildman–Crippen LogP) is 3.10. The second-order valence-corrected chi connectivity index (χ2v) is 7.50. The summed E-state index contributed by atoms with van der Waals surface area (Å²) in [5, 5.41) is 0.293. The van der Waals surface area contributed by atoms with Crippen LogP contribution in [0.25, 0.3) is 0 Å². The van der Waals surface area contributed by atoms with Gasteiger partial charge < -0.3 is 4.74 Å². The Morgan fingerprint density at radius 2 is 1.86 bits per heavy atom. The van der Waals surface area contributed by atoms with Crippen molar-refractivity contribution in [2.24, 2.45) is 0 Å². The van der Waals surface area contributed by atoms with Gasteiger partial charge in [-0.15, -0.1) is 0 Å². The lowest BCUT2D eigenvalue weighted by atomic mass is 10.0. The number of sulfonamides is 1. The molecular weight excluding hydrogens is 322 g/mol. The summed E-state index contributed by atoms with van der Waals surface area (Å²) < 4.78 is 32.1. The van der Waals surface area contributed by atoms with E-state index in [2.05, 4.69) is 0 Å². The molecule has 0 amide bonds. The highest BCUT2D eigenvalue weighted by Gasteiger charge is 2.28. The molecule has 0 spiro atoms. The number of methoxy groups -OCH3 is 1. The van der Waals surface area contributed by atoms with Gasteiger partial charge in [-0.2, -0.15) is 4.31 Å². The van der Waals surface area contributed by atoms with Gasteiger partial charge in [-0.05, 0) is 35.7 Å². The molecule has 2 aromatic carbocycles. The summed E-state index contributed by atoms with van der Waals surface area (Å²) in [5.74, 6) is 0.463. The number of hydrogen-bond acceptors (Lipinski definition) is 3. The Balaban J connectivity index is 1.93. The normalized spacial score (nSPS) is 15.4. The van der Waals surface area contributed by atoms with Crippen LogP contribution in [0.1, 0.15) is 11.1 Å². The Labute approximate surface area is 135 Å². The van der Waals surface area contributed by atoms with Crippen LogP contribution in [0.3, 0.4) is 0 Å². The first-order valence-electron chi connectivity index (χ1n) is 6.93. The molecule has 0 atom stereocenters. The van der Waals surface area contributed by atoms with Crippen molar-refractivity contribution in [2.45, 2.75) is 17.9 Å². The SMILES string of the molecule is COc1ccc(S(=O)(=O)N2CCc3ccccc3C2)cc1Cl. The molecule has 0 N–H and O–H groups in total. The zero-order chi connectivity index (χ0) is 15.7. The molecule has 3 rings (SSSR count). The van der Waals surface area contributed by atoms with Crippen LogP contribution in [0.2, 0.25) is 5.02 Å². The Bertz CT molecular complexity index is 805. The third kappa shape index (κ3) is 2.72. The van der Waals surface area contributed by atoms with Crippen LogP contribution >= 0.6 is 11.6 Å². The van der Waals surface area contributed by atoms with E-state index in [-0.39, 0.29) is 4.90 Å². The molecule has 0 aliphatic carbocycles. The molecule has 2 aromatic rings. The molecule has 0 unspecified atom stereocenters. The van der Waals surface area contributed by atoms with Crippen LogP contribution in [0, 0.1) is 0 Å². The molecule has 116 valence electrons. The fourth-order valence-electron chi connectivity index (χ4n) is 2.63. The molecule has 22 heavy (non-hydrogen) atoms. The predicted molar refractivity (Wildman–Crippen MR) is 85.7 cm³/mol. The van der Waals surface area contributed by atoms with Crippen LogP contribution in [0.15, 0.2) is 47.4 Å². The van der Waals surface area contributed by atoms with E-state index < -0.39 is 10.0 Å². The maximum Gasteiger partial charge on any atom is 0.243 e. The highest BCUT2D eigenvalue weighted by atomic mass is 35.5. The van der Waals surface area contributed by atoms with Crippen molar-refractivity contribution in [3.05, 3.63) is 58.6 Å². The second-order valence-electron chi connectivity index (χ2n) is 5.15. The van der Waals surface area contributed by atoms with Crippen molar-refractivity contribution < 1.29 is 13.2 Å². The third-order valence-corrected chi connectivity index (χ3v) is 5.99. The standard InChI is InChI=1S/C16H16ClNO3S/c1-21-16-7-6-14(10-15(16)17)22(19,20)18-9-8-12-4-2-3-5-13(12)11-18/h2-7,10H,8-9,11H2,1H3. The Kier molecular flexibility index (Phi) is 4.12. The summed E-state index contributed by atoms with van der Waals surface area (Å²) in [6.45, 7) is 0.866. The topological polar surface area (TPSA) is 46.6 Å². The first kappa shape index (κ1) is 15.3. The molecule has 1 aliphatic heterocycles. The van der Waals surface area contributed by atoms with Gasteiger partial charge in [0, 0.05) is 13.1 Å². The van der Waals surface area contributed by atoms with Gasteiger partial charge in [0.25, 0.3) is 0 Å². The Morgan fingerprint density at radius 1 is 1.14 bits per heavy atom. The van der Waals surface area contributed by atoms with Crippen molar-refractivity contribution in [3.8, 4) is 5.75 Å². The minimum absolute atomic E-state index is 0.192. The summed E-state index contributed by atoms with van der Waals surface area (Å²) in [4.78, 5) is 0.192. The fourth-order valence-corrected chi connectivity index (χ4v) is 4.40. The van der Waals surface area contributed by atoms with Crippen molar-refractivity contribution in [1.29, 1.82) is 0 Å². The van der Waals surface area contributed by atoms with Crippen LogP contribution in [-0.2, 0) is 23.0 Å². The van der Waals surface area contributed by atoms with E-state index in [1.807, 2.05) is 24.3 Å². The van der Waals surface area contributed by atoms with Crippen molar-refractivity contribution >= 4 is 21.6 Å². The second kappa shape index (κ2) is 5.91. The minimum atomic E-state index is -3.56. The quantitative estimate of drug-likeness (QED) is 0.864. The van der Waals surface area contributed by atoms with E-state index >= 15 is 0 Å². The zero-order valence-electron chi connectivity index (χ0n) is 12.1. The maximum absolute atomic E-state index is 12.8. The van der Waals surface area contributed by atoms with E-state index in [1.165, 1.54) is 29.1 Å². The average molecular weight is 338 g/mol. The maximum atomic E-state index is 12.8. The number of hydrogen-bond donors (Lipinski definition) is 0. The van der Waals surface area contributed by atoms with Gasteiger partial charge in [0.15, 0.2) is 0 Å². The monoisotopic (exact) mass is 337 g/mol. The third-order valence-electron chi connectivity index (χ3n) is 3.86. The molecular formula is C16H16ClNO3S. The van der Waals surface area contributed by atoms with E-state index in [0.29, 0.717) is 23.9 Å². The van der Waals surface area contributed by atoms with E-state index in [9.17, 15) is 8.42 Å². The van der Waals surface area contributed by atoms with Gasteiger partial charge in [-0.25, -0.2) is 8.42 Å². The highest BCUT2D eigenvalue weighted by Crippen LogP contribution is 2.30. The average Bonchev–Trinajstić information content (AvgIpc) is 2.54. The number of fused-ring (bicyclic) bond motifs is 1. The lowest BCUT2D eigenvalue weighted by Gasteiger charge is -2.28. The van der Waals surface area contributed by atoms with Gasteiger partial charge >= 0.3 is 0 Å². The first-order chi connectivity index (χ1) is 10.5. The first-order valence-corrected chi connectivity index (χ1v) is 8.74. The number of rotatable bonds is 3. The van der Waals surface area contributed by atoms with Crippen molar-refractivity contribution in [2.75, 3.05) is 13.7 Å². The summed E-state index contributed by atoms with van der Waals surface area (Å²) in [6, 6.07) is 12.5. The molecule has 0 bridgehead atoms. The highest BCUT2D eigenvalue weighted by molar-refractivity contribution is 7.89. The summed E-state index contributed by atoms with van der Waals surface area (Å²) in [6.07, 6.45) is 0.722. The largest absolute Gasteiger partial charge is 0.495 e. The number of ether oxygens (including phenoxy) is 1. The molecule has 0 radical (unpaired) electrons. The molecule has 0 aromatic heterocycles. The smallest absolute Gasteiger partial charge is 0.243 e. The lowest BCUT2D eigenvalue weighted by Crippen LogP contribution is -2.35. The molecule has 0 saturated carbocycles. The van der Waals surface area contributed by atoms with Crippen LogP contribution in [-0.4, -0.2) is 26.4 Å². The van der Waals surface area contributed by atoms with Gasteiger partial charge in [-0.3, -0.25) is 0 Å². The van der Waals surface area contributed by atoms with Gasteiger partial charge in [0.1, 0.15) is 5.75 Å². The van der Waals surface area contributed by atoms with E-state index in [1.54, 1.807) is 6.07 Å². The fraction of sp³-hybridized carbons (Fsp3) is 0.250. The zero-order valence-corrected chi connectivity index (χ0v) is 13.7. The Morgan fingerprint density at radius 3 is 2.55 bits per heavy atom. The van der Waals surface area contributed by atoms with Gasteiger partial charge in [0.2, 0.25) is 10.0 Å². The van der Waals surface area contributed by atoms with Gasteiger partial charge in [0.05, 0.1) is 17.0 Å². The van der Waals surface area contributed by atoms with Crippen molar-refractivity contribution in [1.82, 2.24) is 4.31 Å². The molecule has 0 saturated heterocycles. The summed E-state index contributed by atoms with van der Waals surface area (Å²) >= 11 is 6.05. The summed E-state index contributed by atoms with van der Waals surface area (Å²) in [7, 11) is -2.06. The van der Waals surface area contributed by atoms with Crippen LogP contribution < -0.4 is 4.74 Å². The number of halogens is 1. The molecule has 4 nitrogen and oxygen atoms in total. The minimum Gasteiger partial charge on any atom is -0.495 e. The van der Waals surface area contributed by atoms with Crippen LogP contribution in [0.4, 0.5) is 0 Å². The van der Waals surface area contributed by atoms with Crippen LogP contribution in [0.5, 0.6) is 5.75 Å². The van der Waals surface area contributed by atoms with E-state index in [4.69, 9.17) is 16.3 Å². The number of benzene rings is 2. The van der Waals surface area contributed by atoms with Gasteiger partial charge in [-0.1, -0.05) is 35.9 Å². The lowest BCUT2D eigenvalue weighted by molar-refractivity contribution is 0.391.